The number of thiazole rings is 1. The zero-order valence-electron chi connectivity index (χ0n) is 11.2. The Morgan fingerprint density at radius 3 is 2.57 bits per heavy atom. The van der Waals surface area contributed by atoms with Crippen LogP contribution in [0.1, 0.15) is 30.8 Å². The van der Waals surface area contributed by atoms with E-state index in [0.717, 1.165) is 10.6 Å². The van der Waals surface area contributed by atoms with Gasteiger partial charge in [0.1, 0.15) is 4.88 Å². The minimum absolute atomic E-state index is 0.352. The van der Waals surface area contributed by atoms with Crippen LogP contribution in [0, 0.1) is 0 Å². The molecule has 0 spiro atoms. The summed E-state index contributed by atoms with van der Waals surface area (Å²) < 4.78 is 0. The number of hydrogen-bond donors (Lipinski definition) is 1. The molecule has 2 heterocycles. The van der Waals surface area contributed by atoms with Gasteiger partial charge in [-0.2, -0.15) is 0 Å². The van der Waals surface area contributed by atoms with Gasteiger partial charge in [0.2, 0.25) is 0 Å². The maximum atomic E-state index is 11.4. The normalized spacial score (nSPS) is 10.7. The molecule has 106 valence electrons. The smallest absolute Gasteiger partial charge is 0.347 e. The molecule has 0 aliphatic heterocycles. The van der Waals surface area contributed by atoms with E-state index >= 15 is 0 Å². The first-order valence-corrected chi connectivity index (χ1v) is 8.20. The third kappa shape index (κ3) is 3.37. The van der Waals surface area contributed by atoms with Gasteiger partial charge in [0.25, 0.3) is 0 Å². The second-order valence-electron chi connectivity index (χ2n) is 4.61. The molecule has 0 amide bonds. The van der Waals surface area contributed by atoms with E-state index in [4.69, 9.17) is 0 Å². The molecule has 0 fully saturated rings. The van der Waals surface area contributed by atoms with Crippen molar-refractivity contribution < 1.29 is 9.90 Å². The highest BCUT2D eigenvalue weighted by atomic mass is 32.1. The minimum Gasteiger partial charge on any atom is -0.477 e. The molecule has 3 aromatic rings. The van der Waals surface area contributed by atoms with E-state index in [0.29, 0.717) is 23.4 Å². The first-order valence-electron chi connectivity index (χ1n) is 6.50. The molecule has 2 aromatic heterocycles. The predicted octanol–water partition coefficient (Wildman–Crippen LogP) is 4.08. The number of carboxylic acids is 1. The first-order chi connectivity index (χ1) is 10.2. The lowest BCUT2D eigenvalue weighted by molar-refractivity contribution is 0.0701. The van der Waals surface area contributed by atoms with Crippen molar-refractivity contribution in [2.45, 2.75) is 12.8 Å². The van der Waals surface area contributed by atoms with E-state index in [1.807, 2.05) is 47.8 Å². The zero-order valence-corrected chi connectivity index (χ0v) is 12.8. The molecule has 1 N–H and O–H groups in total. The van der Waals surface area contributed by atoms with Gasteiger partial charge >= 0.3 is 5.97 Å². The van der Waals surface area contributed by atoms with Crippen LogP contribution in [0.25, 0.3) is 0 Å². The van der Waals surface area contributed by atoms with Crippen LogP contribution in [-0.4, -0.2) is 16.1 Å². The fraction of sp³-hybridized carbons (Fsp3) is 0.125. The van der Waals surface area contributed by atoms with E-state index in [-0.39, 0.29) is 0 Å². The maximum Gasteiger partial charge on any atom is 0.347 e. The molecule has 0 saturated heterocycles. The molecule has 0 aliphatic carbocycles. The number of carbonyl (C=O) groups is 1. The summed E-state index contributed by atoms with van der Waals surface area (Å²) >= 11 is 2.95. The molecule has 0 atom stereocenters. The highest BCUT2D eigenvalue weighted by Crippen LogP contribution is 2.24. The van der Waals surface area contributed by atoms with Gasteiger partial charge in [-0.25, -0.2) is 9.78 Å². The van der Waals surface area contributed by atoms with Crippen molar-refractivity contribution in [3.05, 3.63) is 73.9 Å². The van der Waals surface area contributed by atoms with E-state index in [2.05, 4.69) is 4.98 Å². The van der Waals surface area contributed by atoms with E-state index in [9.17, 15) is 9.90 Å². The molecule has 0 aliphatic rings. The van der Waals surface area contributed by atoms with Crippen LogP contribution in [0.2, 0.25) is 0 Å². The average Bonchev–Trinajstić information content (AvgIpc) is 3.10. The summed E-state index contributed by atoms with van der Waals surface area (Å²) in [4.78, 5) is 17.5. The number of hydrogen-bond acceptors (Lipinski definition) is 4. The first kappa shape index (κ1) is 14.0. The maximum absolute atomic E-state index is 11.4. The van der Waals surface area contributed by atoms with Crippen LogP contribution < -0.4 is 0 Å². The molecular weight excluding hydrogens is 302 g/mol. The Labute approximate surface area is 130 Å². The van der Waals surface area contributed by atoms with Crippen LogP contribution in [0.3, 0.4) is 0 Å². The number of carboxylic acid groups (broad SMARTS) is 1. The van der Waals surface area contributed by atoms with Crippen molar-refractivity contribution >= 4 is 28.6 Å². The molecular formula is C16H13NO2S2. The number of aromatic carboxylic acids is 1. The van der Waals surface area contributed by atoms with E-state index in [1.165, 1.54) is 16.2 Å². The van der Waals surface area contributed by atoms with Crippen molar-refractivity contribution in [2.75, 3.05) is 0 Å². The Balaban J connectivity index is 1.88. The third-order valence-electron chi connectivity index (χ3n) is 3.06. The van der Waals surface area contributed by atoms with Crippen molar-refractivity contribution in [2.24, 2.45) is 0 Å². The van der Waals surface area contributed by atoms with Crippen molar-refractivity contribution in [1.82, 2.24) is 4.98 Å². The lowest BCUT2D eigenvalue weighted by Gasteiger charge is -1.99. The fourth-order valence-electron chi connectivity index (χ4n) is 2.11. The highest BCUT2D eigenvalue weighted by Gasteiger charge is 2.17. The van der Waals surface area contributed by atoms with Crippen LogP contribution in [0.4, 0.5) is 0 Å². The summed E-state index contributed by atoms with van der Waals surface area (Å²) in [6.45, 7) is 0. The molecule has 21 heavy (non-hydrogen) atoms. The SMILES string of the molecule is O=C(O)c1sc(Cc2cccs2)nc1Cc1ccccc1. The lowest BCUT2D eigenvalue weighted by atomic mass is 10.1. The second kappa shape index (κ2) is 6.20. The fourth-order valence-corrected chi connectivity index (χ4v) is 3.86. The molecule has 0 unspecified atom stereocenters. The standard InChI is InChI=1S/C16H13NO2S2/c18-16(19)15-13(9-11-5-2-1-3-6-11)17-14(21-15)10-12-7-4-8-20-12/h1-8H,9-10H2,(H,18,19). The molecule has 5 heteroatoms. The molecule has 1 aromatic carbocycles. The van der Waals surface area contributed by atoms with Gasteiger partial charge in [0.05, 0.1) is 10.7 Å². The molecule has 0 radical (unpaired) electrons. The number of benzene rings is 1. The second-order valence-corrected chi connectivity index (χ2v) is 6.72. The quantitative estimate of drug-likeness (QED) is 0.771. The predicted molar refractivity (Wildman–Crippen MR) is 85.4 cm³/mol. The van der Waals surface area contributed by atoms with Crippen LogP contribution in [0.15, 0.2) is 47.8 Å². The van der Waals surface area contributed by atoms with Crippen LogP contribution in [-0.2, 0) is 12.8 Å². The zero-order chi connectivity index (χ0) is 14.7. The summed E-state index contributed by atoms with van der Waals surface area (Å²) in [6.07, 6.45) is 1.26. The van der Waals surface area contributed by atoms with Gasteiger partial charge in [0, 0.05) is 17.7 Å². The molecule has 3 rings (SSSR count). The Morgan fingerprint density at radius 2 is 1.90 bits per heavy atom. The number of thiophene rings is 1. The Kier molecular flexibility index (Phi) is 4.13. The van der Waals surface area contributed by atoms with Crippen molar-refractivity contribution in [1.29, 1.82) is 0 Å². The van der Waals surface area contributed by atoms with Gasteiger partial charge in [-0.05, 0) is 17.0 Å². The van der Waals surface area contributed by atoms with Gasteiger partial charge < -0.3 is 5.11 Å². The number of aromatic nitrogens is 1. The summed E-state index contributed by atoms with van der Waals surface area (Å²) in [5.41, 5.74) is 1.73. The Hall–Kier alpha value is -1.98. The van der Waals surface area contributed by atoms with Crippen molar-refractivity contribution in [3.8, 4) is 0 Å². The number of nitrogens with zero attached hydrogens (tertiary/aromatic N) is 1. The number of rotatable bonds is 5. The topological polar surface area (TPSA) is 50.2 Å². The molecule has 3 nitrogen and oxygen atoms in total. The summed E-state index contributed by atoms with van der Waals surface area (Å²) in [7, 11) is 0. The summed E-state index contributed by atoms with van der Waals surface area (Å²) in [5.74, 6) is -0.893. The Bertz CT molecular complexity index is 733. The van der Waals surface area contributed by atoms with E-state index < -0.39 is 5.97 Å². The van der Waals surface area contributed by atoms with Gasteiger partial charge in [-0.1, -0.05) is 36.4 Å². The largest absolute Gasteiger partial charge is 0.477 e. The average molecular weight is 315 g/mol. The highest BCUT2D eigenvalue weighted by molar-refractivity contribution is 7.14. The van der Waals surface area contributed by atoms with Gasteiger partial charge in [0.15, 0.2) is 0 Å². The molecule has 0 saturated carbocycles. The van der Waals surface area contributed by atoms with Crippen molar-refractivity contribution in [3.63, 3.8) is 0 Å². The van der Waals surface area contributed by atoms with Gasteiger partial charge in [-0.3, -0.25) is 0 Å². The summed E-state index contributed by atoms with van der Waals surface area (Å²) in [6, 6.07) is 13.9. The van der Waals surface area contributed by atoms with Gasteiger partial charge in [-0.15, -0.1) is 22.7 Å². The lowest BCUT2D eigenvalue weighted by Crippen LogP contribution is -1.99. The molecule has 0 bridgehead atoms. The summed E-state index contributed by atoms with van der Waals surface area (Å²) in [5, 5.41) is 12.2. The minimum atomic E-state index is -0.893. The van der Waals surface area contributed by atoms with Crippen LogP contribution >= 0.6 is 22.7 Å². The monoisotopic (exact) mass is 315 g/mol. The third-order valence-corrected chi connectivity index (χ3v) is 5.02. The van der Waals surface area contributed by atoms with Crippen LogP contribution in [0.5, 0.6) is 0 Å². The van der Waals surface area contributed by atoms with E-state index in [1.54, 1.807) is 11.3 Å². The Morgan fingerprint density at radius 1 is 1.10 bits per heavy atom.